The third-order valence-corrected chi connectivity index (χ3v) is 5.71. The van der Waals surface area contributed by atoms with E-state index >= 15 is 0 Å². The second kappa shape index (κ2) is 8.87. The molecule has 0 aliphatic rings. The maximum atomic E-state index is 12.9. The Morgan fingerprint density at radius 3 is 2.23 bits per heavy atom. The number of methoxy groups -OCH3 is 3. The van der Waals surface area contributed by atoms with Crippen LogP contribution in [0.4, 0.5) is 0 Å². The number of carbonyl (C=O) groups is 1. The average Bonchev–Trinajstić information content (AvgIpc) is 3.26. The molecule has 0 atom stereocenters. The number of aromatic nitrogens is 2. The van der Waals surface area contributed by atoms with Crippen LogP contribution in [0.1, 0.15) is 15.9 Å². The van der Waals surface area contributed by atoms with Crippen molar-refractivity contribution in [3.8, 4) is 17.2 Å². The first-order valence-corrected chi connectivity index (χ1v) is 10.3. The van der Waals surface area contributed by atoms with Crippen molar-refractivity contribution in [2.24, 2.45) is 0 Å². The van der Waals surface area contributed by atoms with Crippen molar-refractivity contribution in [1.29, 1.82) is 0 Å². The highest BCUT2D eigenvalue weighted by Gasteiger charge is 2.27. The number of sulfonamides is 1. The van der Waals surface area contributed by atoms with Crippen LogP contribution in [0.2, 0.25) is 0 Å². The molecule has 0 bridgehead atoms. The van der Waals surface area contributed by atoms with Crippen LogP contribution in [0.5, 0.6) is 17.2 Å². The third-order valence-electron chi connectivity index (χ3n) is 4.32. The monoisotopic (exact) mass is 431 g/mol. The lowest BCUT2D eigenvalue weighted by molar-refractivity contribution is 0.0981. The van der Waals surface area contributed by atoms with Crippen molar-refractivity contribution in [3.05, 3.63) is 66.0 Å². The molecule has 0 saturated heterocycles. The lowest BCUT2D eigenvalue weighted by Crippen LogP contribution is -2.31. The zero-order valence-corrected chi connectivity index (χ0v) is 17.5. The minimum absolute atomic E-state index is 0.0572. The Bertz CT molecular complexity index is 1120. The minimum atomic E-state index is -4.27. The quantitative estimate of drug-likeness (QED) is 0.582. The molecule has 3 aromatic rings. The molecule has 3 rings (SSSR count). The average molecular weight is 431 g/mol. The van der Waals surface area contributed by atoms with Crippen molar-refractivity contribution < 1.29 is 27.4 Å². The summed E-state index contributed by atoms with van der Waals surface area (Å²) in [6, 6.07) is 11.0. The molecule has 1 amide bonds. The van der Waals surface area contributed by atoms with Gasteiger partial charge in [0.1, 0.15) is 17.2 Å². The molecular formula is C20H21N3O6S. The first-order valence-electron chi connectivity index (χ1n) is 8.82. The molecule has 0 spiro atoms. The van der Waals surface area contributed by atoms with Crippen LogP contribution >= 0.6 is 0 Å². The maximum absolute atomic E-state index is 12.9. The van der Waals surface area contributed by atoms with Crippen molar-refractivity contribution in [1.82, 2.24) is 14.5 Å². The van der Waals surface area contributed by atoms with Crippen LogP contribution in [0.15, 0.2) is 59.8 Å². The standard InChI is InChI=1S/C20H21N3O6S/c1-27-16-6-4-7-17(28-2)19(16)30(25,26)22-20(24)14-8-9-15(18(12-14)29-3)13-23-11-5-10-21-23/h4-12H,13H2,1-3H3,(H,22,24). The highest BCUT2D eigenvalue weighted by molar-refractivity contribution is 7.90. The SMILES string of the molecule is COc1cc(C(=O)NS(=O)(=O)c2c(OC)cccc2OC)ccc1Cn1cccn1. The predicted molar refractivity (Wildman–Crippen MR) is 109 cm³/mol. The third kappa shape index (κ3) is 4.38. The fourth-order valence-corrected chi connectivity index (χ4v) is 4.20. The van der Waals surface area contributed by atoms with Crippen LogP contribution in [-0.2, 0) is 16.6 Å². The van der Waals surface area contributed by atoms with E-state index in [0.717, 1.165) is 5.56 Å². The molecule has 1 heterocycles. The van der Waals surface area contributed by atoms with Gasteiger partial charge in [0, 0.05) is 23.5 Å². The molecule has 0 radical (unpaired) electrons. The molecule has 158 valence electrons. The summed E-state index contributed by atoms with van der Waals surface area (Å²) in [5.41, 5.74) is 0.903. The van der Waals surface area contributed by atoms with Gasteiger partial charge >= 0.3 is 0 Å². The first-order chi connectivity index (χ1) is 14.4. The van der Waals surface area contributed by atoms with E-state index in [1.165, 1.54) is 45.6 Å². The number of amides is 1. The highest BCUT2D eigenvalue weighted by Crippen LogP contribution is 2.33. The van der Waals surface area contributed by atoms with Crippen molar-refractivity contribution in [2.75, 3.05) is 21.3 Å². The van der Waals surface area contributed by atoms with Gasteiger partial charge in [-0.2, -0.15) is 5.10 Å². The smallest absolute Gasteiger partial charge is 0.271 e. The molecule has 30 heavy (non-hydrogen) atoms. The summed E-state index contributed by atoms with van der Waals surface area (Å²) in [6.45, 7) is 0.439. The first kappa shape index (κ1) is 21.2. The molecule has 0 aliphatic heterocycles. The van der Waals surface area contributed by atoms with E-state index in [0.29, 0.717) is 12.3 Å². The van der Waals surface area contributed by atoms with E-state index in [-0.39, 0.29) is 22.0 Å². The summed E-state index contributed by atoms with van der Waals surface area (Å²) < 4.78 is 45.1. The molecule has 9 nitrogen and oxygen atoms in total. The molecular weight excluding hydrogens is 410 g/mol. The normalized spacial score (nSPS) is 11.0. The fraction of sp³-hybridized carbons (Fsp3) is 0.200. The van der Waals surface area contributed by atoms with Gasteiger partial charge in [0.15, 0.2) is 4.90 Å². The molecule has 1 aromatic heterocycles. The lowest BCUT2D eigenvalue weighted by atomic mass is 10.1. The summed E-state index contributed by atoms with van der Waals surface area (Å²) in [4.78, 5) is 12.4. The van der Waals surface area contributed by atoms with Gasteiger partial charge < -0.3 is 14.2 Å². The van der Waals surface area contributed by atoms with Gasteiger partial charge in [-0.25, -0.2) is 13.1 Å². The second-order valence-electron chi connectivity index (χ2n) is 6.16. The molecule has 0 aliphatic carbocycles. The van der Waals surface area contributed by atoms with E-state index in [4.69, 9.17) is 14.2 Å². The van der Waals surface area contributed by atoms with Crippen LogP contribution in [-0.4, -0.2) is 45.4 Å². The lowest BCUT2D eigenvalue weighted by Gasteiger charge is -2.15. The molecule has 1 N–H and O–H groups in total. The van der Waals surface area contributed by atoms with E-state index in [9.17, 15) is 13.2 Å². The largest absolute Gasteiger partial charge is 0.496 e. The van der Waals surface area contributed by atoms with Gasteiger partial charge in [0.05, 0.1) is 27.9 Å². The van der Waals surface area contributed by atoms with Crippen LogP contribution in [0, 0.1) is 0 Å². The minimum Gasteiger partial charge on any atom is -0.496 e. The maximum Gasteiger partial charge on any atom is 0.271 e. The number of nitrogens with zero attached hydrogens (tertiary/aromatic N) is 2. The Balaban J connectivity index is 1.89. The predicted octanol–water partition coefficient (Wildman–Crippen LogP) is 2.08. The number of hydrogen-bond donors (Lipinski definition) is 1. The van der Waals surface area contributed by atoms with Gasteiger partial charge in [-0.3, -0.25) is 9.48 Å². The summed E-state index contributed by atoms with van der Waals surface area (Å²) in [7, 11) is -0.132. The summed E-state index contributed by atoms with van der Waals surface area (Å²) in [5, 5.41) is 4.14. The van der Waals surface area contributed by atoms with Gasteiger partial charge in [-0.1, -0.05) is 12.1 Å². The van der Waals surface area contributed by atoms with E-state index in [1.807, 2.05) is 0 Å². The topological polar surface area (TPSA) is 109 Å². The molecule has 10 heteroatoms. The number of benzene rings is 2. The Hall–Kier alpha value is -3.53. The number of nitrogens with one attached hydrogen (secondary N) is 1. The van der Waals surface area contributed by atoms with Crippen molar-refractivity contribution in [3.63, 3.8) is 0 Å². The van der Waals surface area contributed by atoms with Crippen LogP contribution < -0.4 is 18.9 Å². The van der Waals surface area contributed by atoms with Crippen molar-refractivity contribution >= 4 is 15.9 Å². The Kier molecular flexibility index (Phi) is 6.26. The molecule has 0 unspecified atom stereocenters. The number of ether oxygens (including phenoxy) is 3. The number of hydrogen-bond acceptors (Lipinski definition) is 7. The number of carbonyl (C=O) groups excluding carboxylic acids is 1. The highest BCUT2D eigenvalue weighted by atomic mass is 32.2. The van der Waals surface area contributed by atoms with Gasteiger partial charge in [-0.05, 0) is 30.3 Å². The zero-order valence-electron chi connectivity index (χ0n) is 16.7. The Morgan fingerprint density at radius 1 is 1.00 bits per heavy atom. The van der Waals surface area contributed by atoms with Crippen LogP contribution in [0.25, 0.3) is 0 Å². The Labute approximate surface area is 174 Å². The number of rotatable bonds is 8. The van der Waals surface area contributed by atoms with E-state index in [1.54, 1.807) is 35.3 Å². The van der Waals surface area contributed by atoms with Crippen LogP contribution in [0.3, 0.4) is 0 Å². The molecule has 0 saturated carbocycles. The molecule has 2 aromatic carbocycles. The van der Waals surface area contributed by atoms with Gasteiger partial charge in [-0.15, -0.1) is 0 Å². The van der Waals surface area contributed by atoms with Crippen molar-refractivity contribution in [2.45, 2.75) is 11.4 Å². The summed E-state index contributed by atoms with van der Waals surface area (Å²) in [6.07, 6.45) is 3.46. The second-order valence-corrected chi connectivity index (χ2v) is 7.78. The van der Waals surface area contributed by atoms with E-state index in [2.05, 4.69) is 9.82 Å². The Morgan fingerprint density at radius 2 is 1.67 bits per heavy atom. The zero-order chi connectivity index (χ0) is 21.7. The van der Waals surface area contributed by atoms with E-state index < -0.39 is 15.9 Å². The van der Waals surface area contributed by atoms with Gasteiger partial charge in [0.2, 0.25) is 0 Å². The summed E-state index contributed by atoms with van der Waals surface area (Å²) in [5.74, 6) is -0.263. The summed E-state index contributed by atoms with van der Waals surface area (Å²) >= 11 is 0. The molecule has 0 fully saturated rings. The fourth-order valence-electron chi connectivity index (χ4n) is 2.90. The van der Waals surface area contributed by atoms with Gasteiger partial charge in [0.25, 0.3) is 15.9 Å².